The SMILES string of the molecule is FC1(Cl)C(F)(Cl)C(F)(Cl)C1(F)Cl. The van der Waals surface area contributed by atoms with Crippen molar-refractivity contribution in [3.63, 3.8) is 0 Å². The largest absolute Gasteiger partial charge is 0.288 e. The number of hydrogen-bond acceptors (Lipinski definition) is 0. The summed E-state index contributed by atoms with van der Waals surface area (Å²) in [5.74, 6) is 0. The molecule has 72 valence electrons. The maximum Gasteiger partial charge on any atom is 0.288 e. The van der Waals surface area contributed by atoms with E-state index >= 15 is 0 Å². The molecule has 0 N–H and O–H groups in total. The van der Waals surface area contributed by atoms with Gasteiger partial charge in [0.25, 0.3) is 20.5 Å². The zero-order valence-corrected chi connectivity index (χ0v) is 8.05. The Bertz CT molecular complexity index is 159. The van der Waals surface area contributed by atoms with E-state index in [4.69, 9.17) is 0 Å². The fourth-order valence-corrected chi connectivity index (χ4v) is 1.96. The zero-order valence-electron chi connectivity index (χ0n) is 5.02. The summed E-state index contributed by atoms with van der Waals surface area (Å²) in [7, 11) is 0. The predicted molar refractivity (Wildman–Crippen MR) is 38.8 cm³/mol. The third kappa shape index (κ3) is 0.781. The smallest absolute Gasteiger partial charge is 0.216 e. The molecular weight excluding hydrogens is 266 g/mol. The van der Waals surface area contributed by atoms with Crippen molar-refractivity contribution in [1.29, 1.82) is 0 Å². The molecular formula is C4Cl4F4. The van der Waals surface area contributed by atoms with Crippen LogP contribution in [0.3, 0.4) is 0 Å². The molecule has 0 nitrogen and oxygen atoms in total. The second-order valence-corrected chi connectivity index (χ2v) is 4.38. The van der Waals surface area contributed by atoms with Gasteiger partial charge in [-0.1, -0.05) is 46.4 Å². The molecule has 0 aromatic carbocycles. The molecule has 0 unspecified atom stereocenters. The first-order valence-corrected chi connectivity index (χ1v) is 4.02. The normalized spacial score (nSPS) is 66.0. The van der Waals surface area contributed by atoms with Crippen molar-refractivity contribution in [3.05, 3.63) is 0 Å². The Morgan fingerprint density at radius 1 is 0.500 bits per heavy atom. The molecule has 0 aromatic heterocycles. The van der Waals surface area contributed by atoms with Crippen molar-refractivity contribution in [1.82, 2.24) is 0 Å². The van der Waals surface area contributed by atoms with Gasteiger partial charge in [0.1, 0.15) is 0 Å². The average Bonchev–Trinajstić information content (AvgIpc) is 1.84. The lowest BCUT2D eigenvalue weighted by molar-refractivity contribution is -0.198. The third-order valence-electron chi connectivity index (χ3n) is 1.58. The molecule has 0 bridgehead atoms. The summed E-state index contributed by atoms with van der Waals surface area (Å²) in [4.78, 5) is 0. The van der Waals surface area contributed by atoms with Gasteiger partial charge >= 0.3 is 0 Å². The molecule has 0 saturated heterocycles. The van der Waals surface area contributed by atoms with E-state index < -0.39 is 20.5 Å². The first-order chi connectivity index (χ1) is 5.00. The summed E-state index contributed by atoms with van der Waals surface area (Å²) in [5.41, 5.74) is 0. The minimum Gasteiger partial charge on any atom is -0.216 e. The van der Waals surface area contributed by atoms with Crippen LogP contribution in [0.2, 0.25) is 0 Å². The molecule has 0 spiro atoms. The summed E-state index contributed by atoms with van der Waals surface area (Å²) < 4.78 is 50.7. The van der Waals surface area contributed by atoms with Gasteiger partial charge < -0.3 is 0 Å². The minimum atomic E-state index is -3.89. The molecule has 0 radical (unpaired) electrons. The Hall–Kier alpha value is 0.880. The number of rotatable bonds is 0. The maximum atomic E-state index is 12.7. The van der Waals surface area contributed by atoms with Crippen molar-refractivity contribution in [2.45, 2.75) is 20.5 Å². The Balaban J connectivity index is 3.16. The van der Waals surface area contributed by atoms with E-state index in [0.717, 1.165) is 0 Å². The van der Waals surface area contributed by atoms with Crippen molar-refractivity contribution in [3.8, 4) is 0 Å². The number of halogens is 8. The van der Waals surface area contributed by atoms with E-state index in [9.17, 15) is 17.6 Å². The van der Waals surface area contributed by atoms with Gasteiger partial charge in [-0.3, -0.25) is 0 Å². The zero-order chi connectivity index (χ0) is 10.0. The van der Waals surface area contributed by atoms with Crippen LogP contribution in [0, 0.1) is 0 Å². The van der Waals surface area contributed by atoms with E-state index in [1.807, 2.05) is 0 Å². The van der Waals surface area contributed by atoms with Crippen LogP contribution in [0.25, 0.3) is 0 Å². The fourth-order valence-electron chi connectivity index (χ4n) is 0.726. The van der Waals surface area contributed by atoms with Crippen LogP contribution >= 0.6 is 46.4 Å². The molecule has 0 atom stereocenters. The van der Waals surface area contributed by atoms with E-state index in [1.165, 1.54) is 0 Å². The predicted octanol–water partition coefficient (Wildman–Crippen LogP) is 3.62. The fraction of sp³-hybridized carbons (Fsp3) is 1.00. The molecule has 12 heavy (non-hydrogen) atoms. The van der Waals surface area contributed by atoms with Crippen molar-refractivity contribution in [2.24, 2.45) is 0 Å². The summed E-state index contributed by atoms with van der Waals surface area (Å²) in [6, 6.07) is 0. The van der Waals surface area contributed by atoms with Gasteiger partial charge in [0.2, 0.25) is 0 Å². The van der Waals surface area contributed by atoms with E-state index in [0.29, 0.717) is 0 Å². The average molecular weight is 266 g/mol. The molecule has 0 aromatic rings. The standard InChI is InChI=1S/C4Cl4F4/c5-1(9)2(6,10)4(8,12)3(1,7)11. The first kappa shape index (κ1) is 11.0. The van der Waals surface area contributed by atoms with E-state index in [1.54, 1.807) is 0 Å². The van der Waals surface area contributed by atoms with Crippen LogP contribution in [0.1, 0.15) is 0 Å². The van der Waals surface area contributed by atoms with Crippen LogP contribution < -0.4 is 0 Å². The third-order valence-corrected chi connectivity index (χ3v) is 4.05. The summed E-state index contributed by atoms with van der Waals surface area (Å²) in [6.45, 7) is 0. The molecule has 0 amide bonds. The summed E-state index contributed by atoms with van der Waals surface area (Å²) in [5, 5.41) is -15.6. The second-order valence-electron chi connectivity index (χ2n) is 2.30. The molecule has 1 fully saturated rings. The quantitative estimate of drug-likeness (QED) is 0.464. The summed E-state index contributed by atoms with van der Waals surface area (Å²) >= 11 is 18.3. The molecule has 8 heteroatoms. The summed E-state index contributed by atoms with van der Waals surface area (Å²) in [6.07, 6.45) is 0. The van der Waals surface area contributed by atoms with Gasteiger partial charge in [0, 0.05) is 0 Å². The highest BCUT2D eigenvalue weighted by Crippen LogP contribution is 2.73. The Kier molecular flexibility index (Phi) is 2.07. The molecule has 0 aliphatic heterocycles. The van der Waals surface area contributed by atoms with Gasteiger partial charge in [-0.25, -0.2) is 17.6 Å². The monoisotopic (exact) mass is 264 g/mol. The highest BCUT2D eigenvalue weighted by Gasteiger charge is 2.94. The number of hydrogen-bond donors (Lipinski definition) is 0. The highest BCUT2D eigenvalue weighted by atomic mass is 35.5. The van der Waals surface area contributed by atoms with Gasteiger partial charge in [-0.15, -0.1) is 0 Å². The van der Waals surface area contributed by atoms with Crippen LogP contribution in [-0.2, 0) is 0 Å². The molecule has 1 saturated carbocycles. The van der Waals surface area contributed by atoms with Crippen LogP contribution in [-0.4, -0.2) is 20.5 Å². The van der Waals surface area contributed by atoms with E-state index in [-0.39, 0.29) is 0 Å². The minimum absolute atomic E-state index is 3.89. The van der Waals surface area contributed by atoms with Gasteiger partial charge in [-0.2, -0.15) is 0 Å². The lowest BCUT2D eigenvalue weighted by Crippen LogP contribution is -2.80. The molecule has 1 rings (SSSR count). The van der Waals surface area contributed by atoms with Gasteiger partial charge in [-0.05, 0) is 0 Å². The lowest BCUT2D eigenvalue weighted by atomic mass is 9.86. The van der Waals surface area contributed by atoms with E-state index in [2.05, 4.69) is 46.4 Å². The topological polar surface area (TPSA) is 0 Å². The van der Waals surface area contributed by atoms with Gasteiger partial charge in [0.15, 0.2) is 0 Å². The Morgan fingerprint density at radius 2 is 0.583 bits per heavy atom. The highest BCUT2D eigenvalue weighted by molar-refractivity contribution is 6.50. The van der Waals surface area contributed by atoms with Crippen molar-refractivity contribution >= 4 is 46.4 Å². The van der Waals surface area contributed by atoms with Crippen molar-refractivity contribution < 1.29 is 17.6 Å². The maximum absolute atomic E-state index is 12.7. The lowest BCUT2D eigenvalue weighted by Gasteiger charge is -2.54. The molecule has 0 heterocycles. The van der Waals surface area contributed by atoms with Crippen molar-refractivity contribution in [2.75, 3.05) is 0 Å². The van der Waals surface area contributed by atoms with Crippen LogP contribution in [0.15, 0.2) is 0 Å². The van der Waals surface area contributed by atoms with Gasteiger partial charge in [0.05, 0.1) is 0 Å². The Morgan fingerprint density at radius 3 is 0.667 bits per heavy atom. The Labute approximate surface area is 84.7 Å². The van der Waals surface area contributed by atoms with Crippen LogP contribution in [0.5, 0.6) is 0 Å². The molecule has 1 aliphatic rings. The molecule has 1 aliphatic carbocycles. The van der Waals surface area contributed by atoms with Crippen LogP contribution in [0.4, 0.5) is 17.6 Å². The second kappa shape index (κ2) is 2.27. The number of alkyl halides is 8. The first-order valence-electron chi connectivity index (χ1n) is 2.51.